The number of aromatic hydroxyl groups is 1. The van der Waals surface area contributed by atoms with Crippen molar-refractivity contribution in [2.45, 2.75) is 18.7 Å². The molecule has 2 aromatic rings. The van der Waals surface area contributed by atoms with Crippen molar-refractivity contribution in [2.75, 3.05) is 4.72 Å². The summed E-state index contributed by atoms with van der Waals surface area (Å²) in [5, 5.41) is 9.59. The summed E-state index contributed by atoms with van der Waals surface area (Å²) in [6.07, 6.45) is 0. The first kappa shape index (κ1) is 15.1. The number of benzene rings is 2. The largest absolute Gasteiger partial charge is 0.508 e. The molecule has 0 unspecified atom stereocenters. The molecular formula is C15H15NO4S. The van der Waals surface area contributed by atoms with Crippen LogP contribution in [0.25, 0.3) is 0 Å². The molecule has 0 aliphatic carbocycles. The standard InChI is InChI=1S/C15H15NO4S/c1-10-3-6-13(9-15(10)18)16-21(19,20)14-7-4-12(5-8-14)11(2)17/h3-9,16,18H,1-2H3. The minimum absolute atomic E-state index is 0.0159. The van der Waals surface area contributed by atoms with Gasteiger partial charge in [0.15, 0.2) is 5.78 Å². The topological polar surface area (TPSA) is 83.5 Å². The summed E-state index contributed by atoms with van der Waals surface area (Å²) in [6, 6.07) is 10.2. The molecule has 0 bridgehead atoms. The lowest BCUT2D eigenvalue weighted by atomic mass is 10.2. The molecule has 6 heteroatoms. The van der Waals surface area contributed by atoms with Gasteiger partial charge in [-0.3, -0.25) is 9.52 Å². The predicted molar refractivity (Wildman–Crippen MR) is 80.1 cm³/mol. The molecule has 0 saturated heterocycles. The quantitative estimate of drug-likeness (QED) is 0.851. The van der Waals surface area contributed by atoms with Gasteiger partial charge < -0.3 is 5.11 Å². The molecular weight excluding hydrogens is 290 g/mol. The molecule has 2 N–H and O–H groups in total. The summed E-state index contributed by atoms with van der Waals surface area (Å²) in [7, 11) is -3.76. The fraction of sp³-hybridized carbons (Fsp3) is 0.133. The van der Waals surface area contributed by atoms with Gasteiger partial charge in [-0.05, 0) is 37.6 Å². The summed E-state index contributed by atoms with van der Waals surface area (Å²) < 4.78 is 26.8. The number of sulfonamides is 1. The molecule has 0 radical (unpaired) electrons. The molecule has 2 rings (SSSR count). The molecule has 0 fully saturated rings. The lowest BCUT2D eigenvalue weighted by Gasteiger charge is -2.09. The Kier molecular flexibility index (Phi) is 3.99. The number of nitrogens with one attached hydrogen (secondary N) is 1. The van der Waals surface area contributed by atoms with Crippen LogP contribution in [0, 0.1) is 6.92 Å². The van der Waals surface area contributed by atoms with E-state index in [0.717, 1.165) is 0 Å². The van der Waals surface area contributed by atoms with E-state index < -0.39 is 10.0 Å². The summed E-state index contributed by atoms with van der Waals surface area (Å²) in [5.74, 6) is -0.113. The Morgan fingerprint density at radius 1 is 1.10 bits per heavy atom. The Morgan fingerprint density at radius 2 is 1.71 bits per heavy atom. The Morgan fingerprint density at radius 3 is 2.24 bits per heavy atom. The zero-order chi connectivity index (χ0) is 15.6. The van der Waals surface area contributed by atoms with Gasteiger partial charge in [0.05, 0.1) is 10.6 Å². The van der Waals surface area contributed by atoms with Crippen molar-refractivity contribution in [3.63, 3.8) is 0 Å². The van der Waals surface area contributed by atoms with Crippen molar-refractivity contribution in [3.05, 3.63) is 53.6 Å². The zero-order valence-corrected chi connectivity index (χ0v) is 12.4. The van der Waals surface area contributed by atoms with Gasteiger partial charge in [0.1, 0.15) is 5.75 Å². The van der Waals surface area contributed by atoms with E-state index in [-0.39, 0.29) is 22.1 Å². The minimum atomic E-state index is -3.76. The second-order valence-electron chi connectivity index (χ2n) is 4.69. The summed E-state index contributed by atoms with van der Waals surface area (Å²) in [5.41, 5.74) is 1.37. The first-order valence-corrected chi connectivity index (χ1v) is 7.71. The average Bonchev–Trinajstić information content (AvgIpc) is 2.43. The van der Waals surface area contributed by atoms with Crippen LogP contribution in [0.5, 0.6) is 5.75 Å². The van der Waals surface area contributed by atoms with Gasteiger partial charge >= 0.3 is 0 Å². The van der Waals surface area contributed by atoms with E-state index in [1.54, 1.807) is 19.1 Å². The summed E-state index contributed by atoms with van der Waals surface area (Å²) >= 11 is 0. The molecule has 0 aliphatic heterocycles. The number of aryl methyl sites for hydroxylation is 1. The fourth-order valence-corrected chi connectivity index (χ4v) is 2.81. The maximum Gasteiger partial charge on any atom is 0.261 e. The number of ketones is 1. The lowest BCUT2D eigenvalue weighted by molar-refractivity contribution is 0.101. The maximum absolute atomic E-state index is 12.2. The van der Waals surface area contributed by atoms with Crippen molar-refractivity contribution < 1.29 is 18.3 Å². The van der Waals surface area contributed by atoms with E-state index in [1.807, 2.05) is 0 Å². The van der Waals surface area contributed by atoms with Crippen molar-refractivity contribution in [1.29, 1.82) is 0 Å². The van der Waals surface area contributed by atoms with Gasteiger partial charge in [-0.1, -0.05) is 18.2 Å². The Balaban J connectivity index is 2.29. The van der Waals surface area contributed by atoms with E-state index in [0.29, 0.717) is 11.1 Å². The highest BCUT2D eigenvalue weighted by molar-refractivity contribution is 7.92. The van der Waals surface area contributed by atoms with Crippen LogP contribution >= 0.6 is 0 Å². The second-order valence-corrected chi connectivity index (χ2v) is 6.37. The van der Waals surface area contributed by atoms with Crippen LogP contribution in [0.3, 0.4) is 0 Å². The van der Waals surface area contributed by atoms with E-state index >= 15 is 0 Å². The first-order valence-electron chi connectivity index (χ1n) is 6.23. The van der Waals surface area contributed by atoms with Crippen LogP contribution in [0.4, 0.5) is 5.69 Å². The number of phenols is 1. The number of carbonyl (C=O) groups excluding carboxylic acids is 1. The Labute approximate surface area is 123 Å². The molecule has 0 amide bonds. The number of Topliss-reactive ketones (excluding diaryl/α,β-unsaturated/α-hetero) is 1. The van der Waals surface area contributed by atoms with E-state index in [9.17, 15) is 18.3 Å². The van der Waals surface area contributed by atoms with Crippen molar-refractivity contribution >= 4 is 21.5 Å². The third-order valence-corrected chi connectivity index (χ3v) is 4.43. The van der Waals surface area contributed by atoms with Crippen LogP contribution < -0.4 is 4.72 Å². The smallest absolute Gasteiger partial charge is 0.261 e. The van der Waals surface area contributed by atoms with Crippen LogP contribution in [-0.4, -0.2) is 19.3 Å². The van der Waals surface area contributed by atoms with Crippen LogP contribution in [0.2, 0.25) is 0 Å². The molecule has 0 spiro atoms. The Bertz CT molecular complexity index is 780. The number of anilines is 1. The third kappa shape index (κ3) is 3.41. The normalized spacial score (nSPS) is 11.1. The van der Waals surface area contributed by atoms with Crippen molar-refractivity contribution in [1.82, 2.24) is 0 Å². The van der Waals surface area contributed by atoms with E-state index in [2.05, 4.69) is 4.72 Å². The second kappa shape index (κ2) is 5.57. The highest BCUT2D eigenvalue weighted by Crippen LogP contribution is 2.23. The molecule has 0 aromatic heterocycles. The number of hydrogen-bond acceptors (Lipinski definition) is 4. The van der Waals surface area contributed by atoms with Crippen LogP contribution in [0.15, 0.2) is 47.4 Å². The number of rotatable bonds is 4. The highest BCUT2D eigenvalue weighted by atomic mass is 32.2. The maximum atomic E-state index is 12.2. The monoisotopic (exact) mass is 305 g/mol. The van der Waals surface area contributed by atoms with Gasteiger partial charge in [-0.2, -0.15) is 0 Å². The van der Waals surface area contributed by atoms with Gasteiger partial charge in [-0.25, -0.2) is 8.42 Å². The molecule has 110 valence electrons. The lowest BCUT2D eigenvalue weighted by Crippen LogP contribution is -2.13. The van der Waals surface area contributed by atoms with Crippen LogP contribution in [0.1, 0.15) is 22.8 Å². The molecule has 0 saturated carbocycles. The SMILES string of the molecule is CC(=O)c1ccc(S(=O)(=O)Nc2ccc(C)c(O)c2)cc1. The van der Waals surface area contributed by atoms with Gasteiger partial charge in [0.25, 0.3) is 10.0 Å². The molecule has 5 nitrogen and oxygen atoms in total. The number of carbonyl (C=O) groups is 1. The predicted octanol–water partition coefficient (Wildman–Crippen LogP) is 2.70. The van der Waals surface area contributed by atoms with Crippen molar-refractivity contribution in [3.8, 4) is 5.75 Å². The molecule has 0 atom stereocenters. The Hall–Kier alpha value is -2.34. The fourth-order valence-electron chi connectivity index (χ4n) is 1.76. The zero-order valence-electron chi connectivity index (χ0n) is 11.6. The molecule has 0 heterocycles. The van der Waals surface area contributed by atoms with Gasteiger partial charge in [0.2, 0.25) is 0 Å². The number of hydrogen-bond donors (Lipinski definition) is 2. The molecule has 0 aliphatic rings. The average molecular weight is 305 g/mol. The van der Waals surface area contributed by atoms with Gasteiger partial charge in [0, 0.05) is 11.6 Å². The minimum Gasteiger partial charge on any atom is -0.508 e. The van der Waals surface area contributed by atoms with Gasteiger partial charge in [-0.15, -0.1) is 0 Å². The van der Waals surface area contributed by atoms with E-state index in [1.165, 1.54) is 37.3 Å². The van der Waals surface area contributed by atoms with E-state index in [4.69, 9.17) is 0 Å². The highest BCUT2D eigenvalue weighted by Gasteiger charge is 2.15. The van der Waals surface area contributed by atoms with Crippen molar-refractivity contribution in [2.24, 2.45) is 0 Å². The number of phenolic OH excluding ortho intramolecular Hbond substituents is 1. The first-order chi connectivity index (χ1) is 9.79. The summed E-state index contributed by atoms with van der Waals surface area (Å²) in [4.78, 5) is 11.2. The summed E-state index contributed by atoms with van der Waals surface area (Å²) in [6.45, 7) is 3.13. The molecule has 2 aromatic carbocycles. The molecule has 21 heavy (non-hydrogen) atoms. The third-order valence-electron chi connectivity index (χ3n) is 3.03. The van der Waals surface area contributed by atoms with Crippen LogP contribution in [-0.2, 0) is 10.0 Å².